The molecule has 0 amide bonds. The van der Waals surface area contributed by atoms with Crippen molar-refractivity contribution in [3.8, 4) is 0 Å². The highest BCUT2D eigenvalue weighted by molar-refractivity contribution is 5.48. The van der Waals surface area contributed by atoms with E-state index < -0.39 is 4.92 Å². The smallest absolute Gasteiger partial charge is 0.287 e. The van der Waals surface area contributed by atoms with Crippen LogP contribution in [0, 0.1) is 23.0 Å². The Morgan fingerprint density at radius 1 is 1.62 bits per heavy atom. The molecule has 1 aliphatic rings. The van der Waals surface area contributed by atoms with Gasteiger partial charge in [0.25, 0.3) is 5.69 Å². The molecule has 0 radical (unpaired) electrons. The van der Waals surface area contributed by atoms with E-state index >= 15 is 0 Å². The Kier molecular flexibility index (Phi) is 5.89. The fraction of sp³-hybridized carbons (Fsp3) is 0.643. The van der Waals surface area contributed by atoms with E-state index in [9.17, 15) is 10.1 Å². The highest BCUT2D eigenvalue weighted by Crippen LogP contribution is 2.17. The molecular formula is C14H21N3O4. The van der Waals surface area contributed by atoms with E-state index in [0.717, 1.165) is 44.8 Å². The van der Waals surface area contributed by atoms with Gasteiger partial charge < -0.3 is 14.8 Å². The van der Waals surface area contributed by atoms with Gasteiger partial charge in [-0.2, -0.15) is 0 Å². The number of nitro groups is 1. The highest BCUT2D eigenvalue weighted by Gasteiger charge is 2.15. The van der Waals surface area contributed by atoms with Crippen molar-refractivity contribution < 1.29 is 14.4 Å². The number of nitrogens with zero attached hydrogens (tertiary/aromatic N) is 2. The Morgan fingerprint density at radius 2 is 2.48 bits per heavy atom. The first kappa shape index (κ1) is 15.7. The molecule has 1 saturated heterocycles. The molecule has 1 atom stereocenters. The quantitative estimate of drug-likeness (QED) is 0.449. The molecule has 0 aromatic carbocycles. The van der Waals surface area contributed by atoms with Crippen LogP contribution < -0.4 is 5.32 Å². The van der Waals surface area contributed by atoms with Crippen molar-refractivity contribution in [2.75, 3.05) is 38.3 Å². The maximum absolute atomic E-state index is 10.6. The molecule has 2 heterocycles. The van der Waals surface area contributed by atoms with Gasteiger partial charge >= 0.3 is 0 Å². The van der Waals surface area contributed by atoms with Crippen molar-refractivity contribution in [3.05, 3.63) is 27.9 Å². The number of nitrogens with one attached hydrogen (secondary N) is 1. The topological polar surface area (TPSA) is 86.5 Å². The third-order valence-corrected chi connectivity index (χ3v) is 3.41. The fourth-order valence-electron chi connectivity index (χ4n) is 2.19. The zero-order valence-electron chi connectivity index (χ0n) is 12.2. The molecule has 1 aromatic rings. The predicted molar refractivity (Wildman–Crippen MR) is 78.5 cm³/mol. The summed E-state index contributed by atoms with van der Waals surface area (Å²) in [4.78, 5) is 14.3. The average molecular weight is 295 g/mol. The van der Waals surface area contributed by atoms with Crippen molar-refractivity contribution >= 4 is 11.5 Å². The van der Waals surface area contributed by atoms with Crippen LogP contribution in [-0.2, 0) is 9.47 Å². The van der Waals surface area contributed by atoms with Crippen LogP contribution in [-0.4, -0.2) is 42.9 Å². The molecule has 2 rings (SSSR count). The fourth-order valence-corrected chi connectivity index (χ4v) is 2.19. The first-order valence-corrected chi connectivity index (χ1v) is 7.17. The maximum atomic E-state index is 10.6. The molecule has 1 aromatic heterocycles. The Bertz CT molecular complexity index is 475. The standard InChI is InChI=1S/C14H21N3O4/c1-11-7-13(17(18)19)8-16-14(11)15-4-2-5-20-9-12-3-6-21-10-12/h7-8,12H,2-6,9-10H2,1H3,(H,15,16)/t12-/m1/s1. The van der Waals surface area contributed by atoms with Gasteiger partial charge in [-0.25, -0.2) is 4.98 Å². The summed E-state index contributed by atoms with van der Waals surface area (Å²) in [5, 5.41) is 13.8. The van der Waals surface area contributed by atoms with Gasteiger partial charge in [0.15, 0.2) is 0 Å². The van der Waals surface area contributed by atoms with E-state index in [0.29, 0.717) is 18.3 Å². The monoisotopic (exact) mass is 295 g/mol. The predicted octanol–water partition coefficient (Wildman–Crippen LogP) is 2.15. The minimum atomic E-state index is -0.440. The number of aryl methyl sites for hydroxylation is 1. The molecule has 21 heavy (non-hydrogen) atoms. The second-order valence-corrected chi connectivity index (χ2v) is 5.20. The minimum Gasteiger partial charge on any atom is -0.381 e. The van der Waals surface area contributed by atoms with E-state index in [4.69, 9.17) is 9.47 Å². The van der Waals surface area contributed by atoms with Gasteiger partial charge in [-0.3, -0.25) is 10.1 Å². The van der Waals surface area contributed by atoms with Gasteiger partial charge in [0.2, 0.25) is 0 Å². The van der Waals surface area contributed by atoms with Crippen LogP contribution in [0.3, 0.4) is 0 Å². The lowest BCUT2D eigenvalue weighted by atomic mass is 10.1. The van der Waals surface area contributed by atoms with E-state index in [1.807, 2.05) is 0 Å². The van der Waals surface area contributed by atoms with Crippen molar-refractivity contribution in [2.24, 2.45) is 5.92 Å². The summed E-state index contributed by atoms with van der Waals surface area (Å²) in [6.07, 6.45) is 3.22. The number of pyridine rings is 1. The van der Waals surface area contributed by atoms with Crippen molar-refractivity contribution in [1.82, 2.24) is 4.98 Å². The van der Waals surface area contributed by atoms with Crippen LogP contribution in [0.2, 0.25) is 0 Å². The van der Waals surface area contributed by atoms with E-state index in [2.05, 4.69) is 10.3 Å². The summed E-state index contributed by atoms with van der Waals surface area (Å²) in [5.41, 5.74) is 0.786. The lowest BCUT2D eigenvalue weighted by Crippen LogP contribution is -2.12. The number of anilines is 1. The number of ether oxygens (including phenoxy) is 2. The van der Waals surface area contributed by atoms with Gasteiger partial charge in [-0.05, 0) is 25.3 Å². The molecular weight excluding hydrogens is 274 g/mol. The lowest BCUT2D eigenvalue weighted by Gasteiger charge is -2.10. The zero-order valence-corrected chi connectivity index (χ0v) is 12.2. The largest absolute Gasteiger partial charge is 0.381 e. The van der Waals surface area contributed by atoms with Crippen molar-refractivity contribution in [3.63, 3.8) is 0 Å². The SMILES string of the molecule is Cc1cc([N+](=O)[O-])cnc1NCCCOC[C@H]1CCOC1. The Balaban J connectivity index is 1.63. The normalized spacial score (nSPS) is 17.9. The summed E-state index contributed by atoms with van der Waals surface area (Å²) in [7, 11) is 0. The summed E-state index contributed by atoms with van der Waals surface area (Å²) >= 11 is 0. The third-order valence-electron chi connectivity index (χ3n) is 3.41. The highest BCUT2D eigenvalue weighted by atomic mass is 16.6. The molecule has 0 saturated carbocycles. The Morgan fingerprint density at radius 3 is 3.14 bits per heavy atom. The molecule has 116 valence electrons. The molecule has 1 fully saturated rings. The summed E-state index contributed by atoms with van der Waals surface area (Å²) in [6.45, 7) is 5.64. The van der Waals surface area contributed by atoms with E-state index in [1.54, 1.807) is 6.92 Å². The second-order valence-electron chi connectivity index (χ2n) is 5.20. The van der Waals surface area contributed by atoms with E-state index in [-0.39, 0.29) is 5.69 Å². The minimum absolute atomic E-state index is 0.0140. The molecule has 1 aliphatic heterocycles. The number of aromatic nitrogens is 1. The molecule has 7 heteroatoms. The first-order chi connectivity index (χ1) is 10.2. The van der Waals surface area contributed by atoms with Crippen LogP contribution in [0.1, 0.15) is 18.4 Å². The molecule has 7 nitrogen and oxygen atoms in total. The number of hydrogen-bond acceptors (Lipinski definition) is 6. The molecule has 1 N–H and O–H groups in total. The second kappa shape index (κ2) is 7.90. The average Bonchev–Trinajstić information content (AvgIpc) is 2.97. The van der Waals surface area contributed by atoms with Gasteiger partial charge in [-0.1, -0.05) is 0 Å². The lowest BCUT2D eigenvalue weighted by molar-refractivity contribution is -0.385. The Hall–Kier alpha value is -1.73. The Labute approximate surface area is 123 Å². The van der Waals surface area contributed by atoms with Gasteiger partial charge in [0.1, 0.15) is 12.0 Å². The van der Waals surface area contributed by atoms with Gasteiger partial charge in [0.05, 0.1) is 18.1 Å². The molecule has 0 spiro atoms. The van der Waals surface area contributed by atoms with Crippen LogP contribution in [0.5, 0.6) is 0 Å². The summed E-state index contributed by atoms with van der Waals surface area (Å²) in [6, 6.07) is 1.52. The summed E-state index contributed by atoms with van der Waals surface area (Å²) in [5.74, 6) is 1.22. The number of rotatable bonds is 8. The van der Waals surface area contributed by atoms with Crippen molar-refractivity contribution in [2.45, 2.75) is 19.8 Å². The maximum Gasteiger partial charge on any atom is 0.287 e. The third kappa shape index (κ3) is 4.95. The first-order valence-electron chi connectivity index (χ1n) is 7.17. The van der Waals surface area contributed by atoms with Crippen LogP contribution in [0.4, 0.5) is 11.5 Å². The molecule has 0 unspecified atom stereocenters. The number of hydrogen-bond donors (Lipinski definition) is 1. The zero-order chi connectivity index (χ0) is 15.1. The van der Waals surface area contributed by atoms with Gasteiger partial charge in [-0.15, -0.1) is 0 Å². The van der Waals surface area contributed by atoms with Gasteiger partial charge in [0, 0.05) is 31.7 Å². The van der Waals surface area contributed by atoms with E-state index in [1.165, 1.54) is 12.3 Å². The van der Waals surface area contributed by atoms with Crippen LogP contribution >= 0.6 is 0 Å². The van der Waals surface area contributed by atoms with Crippen LogP contribution in [0.25, 0.3) is 0 Å². The summed E-state index contributed by atoms with van der Waals surface area (Å²) < 4.78 is 10.9. The van der Waals surface area contributed by atoms with Crippen LogP contribution in [0.15, 0.2) is 12.3 Å². The molecule has 0 bridgehead atoms. The van der Waals surface area contributed by atoms with Crippen molar-refractivity contribution in [1.29, 1.82) is 0 Å². The molecule has 0 aliphatic carbocycles.